The molecule has 0 unspecified atom stereocenters. The zero-order valence-corrected chi connectivity index (χ0v) is 10.9. The van der Waals surface area contributed by atoms with Crippen LogP contribution in [0.2, 0.25) is 0 Å². The number of benzene rings is 1. The van der Waals surface area contributed by atoms with Crippen molar-refractivity contribution < 1.29 is 5.11 Å². The van der Waals surface area contributed by atoms with Gasteiger partial charge in [-0.15, -0.1) is 0 Å². The van der Waals surface area contributed by atoms with Crippen molar-refractivity contribution in [1.29, 1.82) is 0 Å². The molecule has 0 radical (unpaired) electrons. The fourth-order valence-corrected chi connectivity index (χ4v) is 2.65. The van der Waals surface area contributed by atoms with Crippen molar-refractivity contribution in [3.05, 3.63) is 29.8 Å². The van der Waals surface area contributed by atoms with Crippen molar-refractivity contribution in [3.8, 4) is 0 Å². The molecule has 0 aliphatic carbocycles. The van der Waals surface area contributed by atoms with E-state index >= 15 is 0 Å². The van der Waals surface area contributed by atoms with E-state index in [9.17, 15) is 0 Å². The molecule has 1 fully saturated rings. The molecule has 1 aliphatic heterocycles. The molecular formula is C15H23NO. The maximum atomic E-state index is 8.88. The van der Waals surface area contributed by atoms with Crippen molar-refractivity contribution in [2.24, 2.45) is 5.41 Å². The SMILES string of the molecule is CCC1(CC)CN(c2ccc(CCO)cc2)C1. The Labute approximate surface area is 104 Å². The molecule has 1 N–H and O–H groups in total. The Bertz CT molecular complexity index is 346. The van der Waals surface area contributed by atoms with Crippen LogP contribution in [-0.2, 0) is 6.42 Å². The molecular weight excluding hydrogens is 210 g/mol. The summed E-state index contributed by atoms with van der Waals surface area (Å²) in [6, 6.07) is 8.62. The highest BCUT2D eigenvalue weighted by Crippen LogP contribution is 2.39. The summed E-state index contributed by atoms with van der Waals surface area (Å²) in [4.78, 5) is 2.45. The van der Waals surface area contributed by atoms with E-state index in [0.717, 1.165) is 6.42 Å². The fraction of sp³-hybridized carbons (Fsp3) is 0.600. The lowest BCUT2D eigenvalue weighted by Gasteiger charge is -2.51. The van der Waals surface area contributed by atoms with Gasteiger partial charge < -0.3 is 10.0 Å². The first-order valence-electron chi connectivity index (χ1n) is 6.68. The maximum Gasteiger partial charge on any atom is 0.0471 e. The molecule has 1 aromatic rings. The van der Waals surface area contributed by atoms with E-state index in [2.05, 4.69) is 43.0 Å². The molecule has 0 aromatic heterocycles. The van der Waals surface area contributed by atoms with E-state index in [-0.39, 0.29) is 6.61 Å². The number of nitrogens with zero attached hydrogens (tertiary/aromatic N) is 1. The Hall–Kier alpha value is -1.02. The molecule has 0 saturated carbocycles. The second kappa shape index (κ2) is 5.09. The third-order valence-electron chi connectivity index (χ3n) is 4.25. The minimum absolute atomic E-state index is 0.234. The van der Waals surface area contributed by atoms with Gasteiger partial charge >= 0.3 is 0 Å². The topological polar surface area (TPSA) is 23.5 Å². The van der Waals surface area contributed by atoms with Crippen molar-refractivity contribution >= 4 is 5.69 Å². The minimum atomic E-state index is 0.234. The van der Waals surface area contributed by atoms with Gasteiger partial charge in [0.05, 0.1) is 0 Å². The Balaban J connectivity index is 1.97. The second-order valence-corrected chi connectivity index (χ2v) is 5.20. The number of aliphatic hydroxyl groups is 1. The van der Waals surface area contributed by atoms with Crippen LogP contribution in [0.5, 0.6) is 0 Å². The third kappa shape index (κ3) is 2.47. The second-order valence-electron chi connectivity index (χ2n) is 5.20. The highest BCUT2D eigenvalue weighted by molar-refractivity contribution is 5.50. The molecule has 2 rings (SSSR count). The summed E-state index contributed by atoms with van der Waals surface area (Å²) in [5, 5.41) is 8.88. The Morgan fingerprint density at radius 2 is 1.71 bits per heavy atom. The maximum absolute atomic E-state index is 8.88. The van der Waals surface area contributed by atoms with Gasteiger partial charge in [0.1, 0.15) is 0 Å². The van der Waals surface area contributed by atoms with Gasteiger partial charge in [0.2, 0.25) is 0 Å². The van der Waals surface area contributed by atoms with Crippen LogP contribution in [0, 0.1) is 5.41 Å². The van der Waals surface area contributed by atoms with Crippen LogP contribution in [0.25, 0.3) is 0 Å². The van der Waals surface area contributed by atoms with E-state index in [1.165, 1.54) is 37.2 Å². The molecule has 1 saturated heterocycles. The first kappa shape index (κ1) is 12.4. The van der Waals surface area contributed by atoms with Gasteiger partial charge in [-0.05, 0) is 37.0 Å². The standard InChI is InChI=1S/C15H23NO/c1-3-15(4-2)11-16(12-15)14-7-5-13(6-8-14)9-10-17/h5-8,17H,3-4,9-12H2,1-2H3. The van der Waals surface area contributed by atoms with Crippen LogP contribution >= 0.6 is 0 Å². The summed E-state index contributed by atoms with van der Waals surface area (Å²) < 4.78 is 0. The molecule has 94 valence electrons. The van der Waals surface area contributed by atoms with Crippen molar-refractivity contribution in [2.75, 3.05) is 24.6 Å². The molecule has 1 aliphatic rings. The van der Waals surface area contributed by atoms with Crippen LogP contribution in [0.3, 0.4) is 0 Å². The van der Waals surface area contributed by atoms with Crippen LogP contribution in [0.15, 0.2) is 24.3 Å². The first-order chi connectivity index (χ1) is 8.23. The van der Waals surface area contributed by atoms with Gasteiger partial charge in [-0.3, -0.25) is 0 Å². The van der Waals surface area contributed by atoms with Crippen molar-refractivity contribution in [2.45, 2.75) is 33.1 Å². The van der Waals surface area contributed by atoms with E-state index < -0.39 is 0 Å². The lowest BCUT2D eigenvalue weighted by Crippen LogP contribution is -2.55. The average molecular weight is 233 g/mol. The zero-order chi connectivity index (χ0) is 12.3. The highest BCUT2D eigenvalue weighted by Gasteiger charge is 2.39. The largest absolute Gasteiger partial charge is 0.396 e. The summed E-state index contributed by atoms with van der Waals surface area (Å²) in [5.41, 5.74) is 3.10. The zero-order valence-electron chi connectivity index (χ0n) is 10.9. The quantitative estimate of drug-likeness (QED) is 0.845. The monoisotopic (exact) mass is 233 g/mol. The molecule has 1 aromatic carbocycles. The molecule has 2 nitrogen and oxygen atoms in total. The fourth-order valence-electron chi connectivity index (χ4n) is 2.65. The summed E-state index contributed by atoms with van der Waals surface area (Å²) in [6.45, 7) is 7.22. The number of aliphatic hydroxyl groups excluding tert-OH is 1. The Morgan fingerprint density at radius 3 is 2.18 bits per heavy atom. The average Bonchev–Trinajstić information content (AvgIpc) is 2.31. The van der Waals surface area contributed by atoms with E-state index in [0.29, 0.717) is 5.41 Å². The number of hydrogen-bond donors (Lipinski definition) is 1. The smallest absolute Gasteiger partial charge is 0.0471 e. The number of hydrogen-bond acceptors (Lipinski definition) is 2. The van der Waals surface area contributed by atoms with Gasteiger partial charge in [0.15, 0.2) is 0 Å². The number of anilines is 1. The lowest BCUT2D eigenvalue weighted by molar-refractivity contribution is 0.194. The molecule has 2 heteroatoms. The lowest BCUT2D eigenvalue weighted by atomic mass is 9.75. The summed E-state index contributed by atoms with van der Waals surface area (Å²) >= 11 is 0. The Morgan fingerprint density at radius 1 is 1.12 bits per heavy atom. The highest BCUT2D eigenvalue weighted by atomic mass is 16.2. The molecule has 0 bridgehead atoms. The van der Waals surface area contributed by atoms with E-state index in [1.54, 1.807) is 0 Å². The summed E-state index contributed by atoms with van der Waals surface area (Å²) in [5.74, 6) is 0. The van der Waals surface area contributed by atoms with Crippen LogP contribution < -0.4 is 4.90 Å². The van der Waals surface area contributed by atoms with Gasteiger partial charge in [-0.25, -0.2) is 0 Å². The predicted octanol–water partition coefficient (Wildman–Crippen LogP) is 2.85. The van der Waals surface area contributed by atoms with Crippen LogP contribution in [0.1, 0.15) is 32.3 Å². The van der Waals surface area contributed by atoms with Crippen LogP contribution in [-0.4, -0.2) is 24.8 Å². The van der Waals surface area contributed by atoms with E-state index in [1.807, 2.05) is 0 Å². The van der Waals surface area contributed by atoms with Gasteiger partial charge in [0.25, 0.3) is 0 Å². The molecule has 1 heterocycles. The van der Waals surface area contributed by atoms with Gasteiger partial charge in [0, 0.05) is 30.8 Å². The normalized spacial score (nSPS) is 17.9. The van der Waals surface area contributed by atoms with Crippen molar-refractivity contribution in [3.63, 3.8) is 0 Å². The minimum Gasteiger partial charge on any atom is -0.396 e. The molecule has 0 spiro atoms. The molecule has 17 heavy (non-hydrogen) atoms. The van der Waals surface area contributed by atoms with Gasteiger partial charge in [-0.1, -0.05) is 26.0 Å². The summed E-state index contributed by atoms with van der Waals surface area (Å²) in [6.07, 6.45) is 3.32. The van der Waals surface area contributed by atoms with Crippen LogP contribution in [0.4, 0.5) is 5.69 Å². The predicted molar refractivity (Wildman–Crippen MR) is 72.5 cm³/mol. The van der Waals surface area contributed by atoms with Gasteiger partial charge in [-0.2, -0.15) is 0 Å². The van der Waals surface area contributed by atoms with E-state index in [4.69, 9.17) is 5.11 Å². The van der Waals surface area contributed by atoms with Crippen molar-refractivity contribution in [1.82, 2.24) is 0 Å². The first-order valence-corrected chi connectivity index (χ1v) is 6.68. The molecule has 0 atom stereocenters. The number of rotatable bonds is 5. The third-order valence-corrected chi connectivity index (χ3v) is 4.25. The molecule has 0 amide bonds. The Kier molecular flexibility index (Phi) is 3.72. The summed E-state index contributed by atoms with van der Waals surface area (Å²) in [7, 11) is 0.